The number of piperidine rings is 1. The number of ether oxygens (including phenoxy) is 1. The van der Waals surface area contributed by atoms with Crippen molar-refractivity contribution in [1.82, 2.24) is 10.3 Å². The van der Waals surface area contributed by atoms with E-state index in [1.165, 1.54) is 16.3 Å². The van der Waals surface area contributed by atoms with E-state index in [9.17, 15) is 4.79 Å². The summed E-state index contributed by atoms with van der Waals surface area (Å²) in [6, 6.07) is 12.5. The molecular weight excluding hydrogens is 326 g/mol. The van der Waals surface area contributed by atoms with Crippen molar-refractivity contribution in [1.29, 1.82) is 0 Å². The molecule has 1 saturated heterocycles. The van der Waals surface area contributed by atoms with Gasteiger partial charge < -0.3 is 4.74 Å². The molecule has 5 heteroatoms. The first-order chi connectivity index (χ1) is 12.6. The monoisotopic (exact) mass is 353 g/mol. The number of rotatable bonds is 6. The summed E-state index contributed by atoms with van der Waals surface area (Å²) < 4.78 is 6.02. The molecule has 138 valence electrons. The third-order valence-electron chi connectivity index (χ3n) is 4.95. The van der Waals surface area contributed by atoms with Crippen molar-refractivity contribution in [2.24, 2.45) is 11.8 Å². The van der Waals surface area contributed by atoms with Crippen LogP contribution in [0, 0.1) is 5.92 Å². The van der Waals surface area contributed by atoms with Crippen molar-refractivity contribution in [3.05, 3.63) is 54.1 Å². The van der Waals surface area contributed by atoms with Crippen LogP contribution in [0.4, 0.5) is 0 Å². The fourth-order valence-corrected chi connectivity index (χ4v) is 3.51. The number of hydrogen-bond donors (Lipinski definition) is 2. The van der Waals surface area contributed by atoms with Crippen LogP contribution in [0.1, 0.15) is 25.3 Å². The van der Waals surface area contributed by atoms with E-state index in [-0.39, 0.29) is 11.8 Å². The molecule has 0 aliphatic carbocycles. The molecule has 3 N–H and O–H groups in total. The zero-order chi connectivity index (χ0) is 18.5. The van der Waals surface area contributed by atoms with Crippen LogP contribution in [-0.2, 0) is 11.3 Å². The summed E-state index contributed by atoms with van der Waals surface area (Å²) in [7, 11) is 0. The average molecular weight is 353 g/mol. The zero-order valence-corrected chi connectivity index (χ0v) is 15.3. The number of hydrazine groups is 1. The quantitative estimate of drug-likeness (QED) is 0.363. The van der Waals surface area contributed by atoms with E-state index >= 15 is 0 Å². The van der Waals surface area contributed by atoms with Crippen molar-refractivity contribution in [3.8, 4) is 5.75 Å². The number of benzene rings is 2. The number of likely N-dealkylation sites (tertiary alicyclic amines) is 1. The summed E-state index contributed by atoms with van der Waals surface area (Å²) in [4.78, 5) is 14.1. The Morgan fingerprint density at radius 1 is 1.27 bits per heavy atom. The number of nitrogens with one attached hydrogen (secondary N) is 1. The Labute approximate surface area is 154 Å². The first-order valence-electron chi connectivity index (χ1n) is 9.09. The maximum Gasteiger partial charge on any atom is 0.237 e. The molecule has 1 amide bonds. The van der Waals surface area contributed by atoms with Crippen LogP contribution in [0.2, 0.25) is 0 Å². The van der Waals surface area contributed by atoms with Crippen LogP contribution in [0.3, 0.4) is 0 Å². The zero-order valence-electron chi connectivity index (χ0n) is 15.3. The Kier molecular flexibility index (Phi) is 5.91. The second-order valence-electron chi connectivity index (χ2n) is 7.07. The average Bonchev–Trinajstić information content (AvgIpc) is 2.67. The molecule has 2 aromatic carbocycles. The Morgan fingerprint density at radius 2 is 2.00 bits per heavy atom. The molecule has 0 unspecified atom stereocenters. The molecule has 1 heterocycles. The minimum absolute atomic E-state index is 0.0166. The largest absolute Gasteiger partial charge is 0.489 e. The number of nitrogens with zero attached hydrogens (tertiary/aromatic N) is 1. The molecule has 0 spiro atoms. The van der Waals surface area contributed by atoms with Gasteiger partial charge in [-0.1, -0.05) is 36.9 Å². The topological polar surface area (TPSA) is 67.6 Å². The summed E-state index contributed by atoms with van der Waals surface area (Å²) in [5.74, 6) is 6.14. The third-order valence-corrected chi connectivity index (χ3v) is 4.95. The van der Waals surface area contributed by atoms with Gasteiger partial charge in [0.15, 0.2) is 0 Å². The highest BCUT2D eigenvalue weighted by molar-refractivity contribution is 5.87. The summed E-state index contributed by atoms with van der Waals surface area (Å²) in [5.41, 5.74) is 4.47. The predicted molar refractivity (Wildman–Crippen MR) is 105 cm³/mol. The van der Waals surface area contributed by atoms with Crippen molar-refractivity contribution >= 4 is 16.7 Å². The van der Waals surface area contributed by atoms with Gasteiger partial charge >= 0.3 is 0 Å². The van der Waals surface area contributed by atoms with E-state index in [1.54, 1.807) is 0 Å². The minimum atomic E-state index is -0.0553. The maximum atomic E-state index is 11.7. The summed E-state index contributed by atoms with van der Waals surface area (Å²) in [6.07, 6.45) is 1.66. The number of amides is 1. The second kappa shape index (κ2) is 8.34. The van der Waals surface area contributed by atoms with Gasteiger partial charge in [0, 0.05) is 18.0 Å². The van der Waals surface area contributed by atoms with Crippen molar-refractivity contribution < 1.29 is 9.53 Å². The predicted octanol–water partition coefficient (Wildman–Crippen LogP) is 3.00. The van der Waals surface area contributed by atoms with E-state index in [4.69, 9.17) is 10.6 Å². The Morgan fingerprint density at radius 3 is 2.69 bits per heavy atom. The number of carbonyl (C=O) groups is 1. The van der Waals surface area contributed by atoms with Crippen molar-refractivity contribution in [2.75, 3.05) is 19.7 Å². The fourth-order valence-electron chi connectivity index (χ4n) is 3.51. The Balaban J connectivity index is 1.80. The van der Waals surface area contributed by atoms with Crippen molar-refractivity contribution in [3.63, 3.8) is 0 Å². The minimum Gasteiger partial charge on any atom is -0.489 e. The van der Waals surface area contributed by atoms with E-state index in [0.29, 0.717) is 6.61 Å². The van der Waals surface area contributed by atoms with Gasteiger partial charge in [-0.2, -0.15) is 0 Å². The number of nitrogens with two attached hydrogens (primary N) is 1. The molecule has 0 radical (unpaired) electrons. The van der Waals surface area contributed by atoms with E-state index < -0.39 is 0 Å². The first-order valence-corrected chi connectivity index (χ1v) is 9.09. The van der Waals surface area contributed by atoms with Crippen LogP contribution < -0.4 is 16.0 Å². The summed E-state index contributed by atoms with van der Waals surface area (Å²) in [6.45, 7) is 8.97. The lowest BCUT2D eigenvalue weighted by molar-refractivity contribution is -0.126. The van der Waals surface area contributed by atoms with Gasteiger partial charge in [0.05, 0.1) is 0 Å². The molecule has 0 aromatic heterocycles. The molecule has 2 aromatic rings. The fraction of sp³-hybridized carbons (Fsp3) is 0.381. The van der Waals surface area contributed by atoms with Gasteiger partial charge in [0.25, 0.3) is 0 Å². The van der Waals surface area contributed by atoms with Gasteiger partial charge in [0.1, 0.15) is 12.4 Å². The van der Waals surface area contributed by atoms with Gasteiger partial charge in [0.2, 0.25) is 5.91 Å². The highest BCUT2D eigenvalue weighted by atomic mass is 16.5. The summed E-state index contributed by atoms with van der Waals surface area (Å²) in [5, 5.41) is 2.43. The number of carbonyl (C=O) groups excluding carboxylic acids is 1. The molecule has 0 atom stereocenters. The van der Waals surface area contributed by atoms with Crippen LogP contribution in [0.15, 0.2) is 48.6 Å². The number of hydrogen-bond acceptors (Lipinski definition) is 4. The van der Waals surface area contributed by atoms with Gasteiger partial charge in [-0.05, 0) is 55.3 Å². The van der Waals surface area contributed by atoms with Gasteiger partial charge in [-0.15, -0.1) is 0 Å². The molecular formula is C21H27N3O2. The summed E-state index contributed by atoms with van der Waals surface area (Å²) >= 11 is 0. The van der Waals surface area contributed by atoms with E-state index in [1.807, 2.05) is 6.92 Å². The molecule has 5 nitrogen and oxygen atoms in total. The van der Waals surface area contributed by atoms with Gasteiger partial charge in [-0.25, -0.2) is 5.84 Å². The highest BCUT2D eigenvalue weighted by Gasteiger charge is 2.25. The van der Waals surface area contributed by atoms with Crippen LogP contribution in [-0.4, -0.2) is 30.5 Å². The maximum absolute atomic E-state index is 11.7. The second-order valence-corrected chi connectivity index (χ2v) is 7.07. The third kappa shape index (κ3) is 4.23. The van der Waals surface area contributed by atoms with Crippen LogP contribution in [0.25, 0.3) is 10.8 Å². The van der Waals surface area contributed by atoms with Crippen molar-refractivity contribution in [2.45, 2.75) is 26.3 Å². The Bertz CT molecular complexity index is 795. The van der Waals surface area contributed by atoms with E-state index in [2.05, 4.69) is 53.3 Å². The molecule has 0 saturated carbocycles. The molecule has 1 fully saturated rings. The van der Waals surface area contributed by atoms with E-state index in [0.717, 1.165) is 43.8 Å². The highest BCUT2D eigenvalue weighted by Crippen LogP contribution is 2.31. The van der Waals surface area contributed by atoms with Crippen LogP contribution >= 0.6 is 0 Å². The van der Waals surface area contributed by atoms with Crippen LogP contribution in [0.5, 0.6) is 5.75 Å². The standard InChI is InChI=1S/C21H27N3O2/c1-15(2)14-26-20-8-7-16-5-3-4-6-18(16)19(20)13-24-11-9-17(10-12-24)21(25)23-22/h3-8,17H,1,9-14,22H2,2H3,(H,23,25). The SMILES string of the molecule is C=C(C)COc1ccc2ccccc2c1CN1CCC(C(=O)NN)CC1. The molecule has 3 rings (SSSR count). The normalized spacial score (nSPS) is 15.8. The lowest BCUT2D eigenvalue weighted by Gasteiger charge is -2.31. The molecule has 0 bridgehead atoms. The lowest BCUT2D eigenvalue weighted by Crippen LogP contribution is -2.42. The number of fused-ring (bicyclic) bond motifs is 1. The first kappa shape index (κ1) is 18.4. The molecule has 1 aliphatic rings. The van der Waals surface area contributed by atoms with Gasteiger partial charge in [-0.3, -0.25) is 15.1 Å². The molecule has 1 aliphatic heterocycles. The lowest BCUT2D eigenvalue weighted by atomic mass is 9.95. The molecule has 26 heavy (non-hydrogen) atoms. The smallest absolute Gasteiger partial charge is 0.237 e. The Hall–Kier alpha value is -2.37.